The van der Waals surface area contributed by atoms with Gasteiger partial charge in [0.2, 0.25) is 0 Å². The normalized spacial score (nSPS) is 22.3. The molecule has 0 saturated heterocycles. The van der Waals surface area contributed by atoms with E-state index < -0.39 is 0 Å². The molecule has 0 radical (unpaired) electrons. The van der Waals surface area contributed by atoms with Gasteiger partial charge in [0.05, 0.1) is 0 Å². The van der Waals surface area contributed by atoms with Crippen LogP contribution in [0.5, 0.6) is 0 Å². The lowest BCUT2D eigenvalue weighted by molar-refractivity contribution is 0.179. The van der Waals surface area contributed by atoms with Gasteiger partial charge in [0.15, 0.2) is 0 Å². The van der Waals surface area contributed by atoms with Crippen molar-refractivity contribution in [2.45, 2.75) is 110 Å². The Bertz CT molecular complexity index is 234. The highest BCUT2D eigenvalue weighted by atomic mass is 16.3. The third-order valence-electron chi connectivity index (χ3n) is 5.01. The number of hydrogen-bond acceptors (Lipinski definition) is 2. The van der Waals surface area contributed by atoms with Crippen LogP contribution in [0, 0.1) is 5.41 Å². The van der Waals surface area contributed by atoms with Crippen molar-refractivity contribution in [2.24, 2.45) is 5.41 Å². The van der Waals surface area contributed by atoms with Crippen molar-refractivity contribution in [3.8, 4) is 0 Å². The fourth-order valence-corrected chi connectivity index (χ4v) is 3.51. The van der Waals surface area contributed by atoms with Gasteiger partial charge in [-0.05, 0) is 24.7 Å². The Kier molecular flexibility index (Phi) is 9.59. The number of aliphatic hydroxyl groups is 1. The highest BCUT2D eigenvalue weighted by Crippen LogP contribution is 2.24. The van der Waals surface area contributed by atoms with E-state index in [1.165, 1.54) is 70.6 Å². The lowest BCUT2D eigenvalue weighted by Gasteiger charge is -2.35. The molecule has 1 fully saturated rings. The maximum atomic E-state index is 9.34. The summed E-state index contributed by atoms with van der Waals surface area (Å²) in [5.41, 5.74) is 0.229. The van der Waals surface area contributed by atoms with Crippen LogP contribution in [0.15, 0.2) is 0 Å². The zero-order valence-corrected chi connectivity index (χ0v) is 14.8. The monoisotopic (exact) mass is 297 g/mol. The fourth-order valence-electron chi connectivity index (χ4n) is 3.51. The molecule has 0 aliphatic heterocycles. The Morgan fingerprint density at radius 1 is 0.857 bits per heavy atom. The van der Waals surface area contributed by atoms with Crippen LogP contribution in [-0.4, -0.2) is 23.8 Å². The average Bonchev–Trinajstić information content (AvgIpc) is 2.40. The van der Waals surface area contributed by atoms with Gasteiger partial charge in [-0.15, -0.1) is 0 Å². The third-order valence-corrected chi connectivity index (χ3v) is 5.01. The summed E-state index contributed by atoms with van der Waals surface area (Å²) >= 11 is 0. The highest BCUT2D eigenvalue weighted by Gasteiger charge is 2.26. The minimum absolute atomic E-state index is 0.229. The molecule has 2 nitrogen and oxygen atoms in total. The van der Waals surface area contributed by atoms with E-state index in [4.69, 9.17) is 0 Å². The van der Waals surface area contributed by atoms with Crippen molar-refractivity contribution >= 4 is 0 Å². The van der Waals surface area contributed by atoms with Gasteiger partial charge in [0.1, 0.15) is 0 Å². The fraction of sp³-hybridized carbons (Fsp3) is 1.00. The predicted molar refractivity (Wildman–Crippen MR) is 92.7 cm³/mol. The molecule has 126 valence electrons. The van der Waals surface area contributed by atoms with Crippen molar-refractivity contribution in [3.63, 3.8) is 0 Å². The van der Waals surface area contributed by atoms with Crippen molar-refractivity contribution < 1.29 is 5.11 Å². The Hall–Kier alpha value is -0.0800. The topological polar surface area (TPSA) is 32.3 Å². The highest BCUT2D eigenvalue weighted by molar-refractivity contribution is 4.84. The van der Waals surface area contributed by atoms with Crippen molar-refractivity contribution in [2.75, 3.05) is 6.61 Å². The Morgan fingerprint density at radius 3 is 1.67 bits per heavy atom. The van der Waals surface area contributed by atoms with E-state index in [-0.39, 0.29) is 5.41 Å². The lowest BCUT2D eigenvalue weighted by Crippen LogP contribution is -2.46. The average molecular weight is 298 g/mol. The van der Waals surface area contributed by atoms with E-state index in [1.807, 2.05) is 0 Å². The molecule has 1 unspecified atom stereocenters. The van der Waals surface area contributed by atoms with Crippen LogP contribution in [0.4, 0.5) is 0 Å². The summed E-state index contributed by atoms with van der Waals surface area (Å²) in [6, 6.07) is 1.08. The molecule has 1 atom stereocenters. The van der Waals surface area contributed by atoms with E-state index in [9.17, 15) is 5.11 Å². The quantitative estimate of drug-likeness (QED) is 0.761. The van der Waals surface area contributed by atoms with Crippen LogP contribution in [-0.2, 0) is 0 Å². The second-order valence-corrected chi connectivity index (χ2v) is 8.05. The summed E-state index contributed by atoms with van der Waals surface area (Å²) in [7, 11) is 0. The van der Waals surface area contributed by atoms with Crippen molar-refractivity contribution in [1.29, 1.82) is 0 Å². The first-order valence-electron chi connectivity index (χ1n) is 9.41. The molecule has 0 aromatic carbocycles. The summed E-state index contributed by atoms with van der Waals surface area (Å²) in [5.74, 6) is 0. The lowest BCUT2D eigenvalue weighted by atomic mass is 9.83. The van der Waals surface area contributed by atoms with E-state index in [0.29, 0.717) is 18.7 Å². The van der Waals surface area contributed by atoms with Crippen LogP contribution in [0.1, 0.15) is 97.8 Å². The van der Waals surface area contributed by atoms with Crippen LogP contribution < -0.4 is 5.32 Å². The zero-order valence-electron chi connectivity index (χ0n) is 14.8. The molecule has 1 saturated carbocycles. The number of aliphatic hydroxyl groups excluding tert-OH is 1. The molecule has 0 bridgehead atoms. The minimum atomic E-state index is 0.229. The summed E-state index contributed by atoms with van der Waals surface area (Å²) in [4.78, 5) is 0. The number of nitrogens with one attached hydrogen (secondary N) is 1. The summed E-state index contributed by atoms with van der Waals surface area (Å²) in [6.07, 6.45) is 16.2. The summed E-state index contributed by atoms with van der Waals surface area (Å²) in [5, 5.41) is 13.2. The molecule has 0 spiro atoms. The Balaban J connectivity index is 2.49. The standard InChI is InChI=1S/C19H39NO/c1-19(2,3)18(15-16-21)20-17-13-11-9-7-5-4-6-8-10-12-14-17/h17-18,20-21H,4-16H2,1-3H3. The molecular weight excluding hydrogens is 258 g/mol. The van der Waals surface area contributed by atoms with Gasteiger partial charge in [-0.2, -0.15) is 0 Å². The number of hydrogen-bond donors (Lipinski definition) is 2. The summed E-state index contributed by atoms with van der Waals surface area (Å²) in [6.45, 7) is 7.16. The van der Waals surface area contributed by atoms with Gasteiger partial charge in [-0.25, -0.2) is 0 Å². The third kappa shape index (κ3) is 8.83. The maximum Gasteiger partial charge on any atom is 0.0446 e. The van der Waals surface area contributed by atoms with Gasteiger partial charge in [-0.1, -0.05) is 78.6 Å². The van der Waals surface area contributed by atoms with E-state index in [0.717, 1.165) is 6.42 Å². The second-order valence-electron chi connectivity index (χ2n) is 8.05. The molecule has 0 heterocycles. The smallest absolute Gasteiger partial charge is 0.0446 e. The molecule has 2 heteroatoms. The predicted octanol–water partition coefficient (Wildman–Crippen LogP) is 5.05. The molecule has 2 N–H and O–H groups in total. The zero-order chi connectivity index (χ0) is 15.6. The van der Waals surface area contributed by atoms with Gasteiger partial charge in [0, 0.05) is 18.7 Å². The molecule has 0 aromatic rings. The van der Waals surface area contributed by atoms with Gasteiger partial charge >= 0.3 is 0 Å². The molecule has 1 rings (SSSR count). The second kappa shape index (κ2) is 10.6. The molecule has 1 aliphatic carbocycles. The first kappa shape index (κ1) is 19.0. The van der Waals surface area contributed by atoms with Crippen molar-refractivity contribution in [1.82, 2.24) is 5.32 Å². The SMILES string of the molecule is CC(C)(C)C(CCO)NC1CCCCCCCCCCC1. The van der Waals surface area contributed by atoms with Gasteiger partial charge in [0.25, 0.3) is 0 Å². The molecule has 1 aliphatic rings. The maximum absolute atomic E-state index is 9.34. The largest absolute Gasteiger partial charge is 0.396 e. The molecule has 21 heavy (non-hydrogen) atoms. The first-order chi connectivity index (χ1) is 10.0. The van der Waals surface area contributed by atoms with Crippen LogP contribution in [0.25, 0.3) is 0 Å². The Labute approximate surface area is 133 Å². The minimum Gasteiger partial charge on any atom is -0.396 e. The summed E-state index contributed by atoms with van der Waals surface area (Å²) < 4.78 is 0. The molecule has 0 aromatic heterocycles. The van der Waals surface area contributed by atoms with Crippen LogP contribution >= 0.6 is 0 Å². The van der Waals surface area contributed by atoms with E-state index in [2.05, 4.69) is 26.1 Å². The number of rotatable bonds is 4. The van der Waals surface area contributed by atoms with E-state index in [1.54, 1.807) is 0 Å². The molecule has 0 amide bonds. The van der Waals surface area contributed by atoms with Gasteiger partial charge in [-0.3, -0.25) is 0 Å². The van der Waals surface area contributed by atoms with Gasteiger partial charge < -0.3 is 10.4 Å². The van der Waals surface area contributed by atoms with E-state index >= 15 is 0 Å². The van der Waals surface area contributed by atoms with Crippen LogP contribution in [0.2, 0.25) is 0 Å². The molecular formula is C19H39NO. The first-order valence-corrected chi connectivity index (χ1v) is 9.41. The van der Waals surface area contributed by atoms with Crippen LogP contribution in [0.3, 0.4) is 0 Å². The Morgan fingerprint density at radius 2 is 1.29 bits per heavy atom. The van der Waals surface area contributed by atoms with Crippen molar-refractivity contribution in [3.05, 3.63) is 0 Å².